The Morgan fingerprint density at radius 2 is 1.77 bits per heavy atom. The van der Waals surface area contributed by atoms with Crippen LogP contribution in [0.4, 0.5) is 0 Å². The van der Waals surface area contributed by atoms with Gasteiger partial charge in [0, 0.05) is 6.54 Å². The molecular formula is C22H22ClN3O4. The van der Waals surface area contributed by atoms with Crippen LogP contribution in [0.3, 0.4) is 0 Å². The molecule has 0 saturated carbocycles. The zero-order valence-electron chi connectivity index (χ0n) is 16.7. The van der Waals surface area contributed by atoms with Gasteiger partial charge in [0.2, 0.25) is 17.9 Å². The van der Waals surface area contributed by atoms with Crippen LogP contribution in [0, 0.1) is 0 Å². The lowest BCUT2D eigenvalue weighted by atomic mass is 10.1. The van der Waals surface area contributed by atoms with Crippen LogP contribution < -0.4 is 9.47 Å². The average Bonchev–Trinajstić information content (AvgIpc) is 3.21. The molecule has 0 N–H and O–H groups in total. The average molecular weight is 428 g/mol. The van der Waals surface area contributed by atoms with Crippen molar-refractivity contribution in [2.75, 3.05) is 6.54 Å². The summed E-state index contributed by atoms with van der Waals surface area (Å²) in [5.41, 5.74) is 0.653. The lowest BCUT2D eigenvalue weighted by molar-refractivity contribution is -0.145. The van der Waals surface area contributed by atoms with Crippen molar-refractivity contribution in [2.24, 2.45) is 0 Å². The normalized spacial score (nSPS) is 17.6. The minimum atomic E-state index is -0.752. The molecule has 3 aromatic rings. The molecule has 7 nitrogen and oxygen atoms in total. The Morgan fingerprint density at radius 3 is 2.50 bits per heavy atom. The van der Waals surface area contributed by atoms with Gasteiger partial charge in [0.25, 0.3) is 5.91 Å². The molecule has 0 spiro atoms. The third-order valence-corrected chi connectivity index (χ3v) is 5.12. The fraction of sp³-hybridized carbons (Fsp3) is 0.318. The lowest BCUT2D eigenvalue weighted by Crippen LogP contribution is -2.50. The molecule has 0 radical (unpaired) electrons. The fourth-order valence-electron chi connectivity index (χ4n) is 3.33. The molecule has 2 aromatic carbocycles. The first kappa shape index (κ1) is 20.2. The number of benzene rings is 2. The number of hydrogen-bond acceptors (Lipinski definition) is 6. The molecule has 8 heteroatoms. The number of aromatic nitrogens is 2. The molecule has 0 saturated heterocycles. The van der Waals surface area contributed by atoms with Crippen molar-refractivity contribution in [1.29, 1.82) is 0 Å². The summed E-state index contributed by atoms with van der Waals surface area (Å²) in [6.45, 7) is 4.53. The van der Waals surface area contributed by atoms with Crippen molar-refractivity contribution in [1.82, 2.24) is 15.1 Å². The van der Waals surface area contributed by atoms with E-state index in [2.05, 4.69) is 10.2 Å². The molecular weight excluding hydrogens is 406 g/mol. The molecule has 1 aliphatic heterocycles. The summed E-state index contributed by atoms with van der Waals surface area (Å²) >= 11 is 6.21. The Hall–Kier alpha value is -3.06. The minimum Gasteiger partial charge on any atom is -0.482 e. The van der Waals surface area contributed by atoms with Gasteiger partial charge in [-0.25, -0.2) is 0 Å². The summed E-state index contributed by atoms with van der Waals surface area (Å²) < 4.78 is 17.6. The molecule has 2 atom stereocenters. The van der Waals surface area contributed by atoms with Crippen molar-refractivity contribution in [2.45, 2.75) is 39.0 Å². The van der Waals surface area contributed by atoms with Crippen LogP contribution in [0.5, 0.6) is 11.5 Å². The number of hydrogen-bond donors (Lipinski definition) is 0. The van der Waals surface area contributed by atoms with Gasteiger partial charge in [0.05, 0.1) is 17.1 Å². The highest BCUT2D eigenvalue weighted by atomic mass is 35.5. The van der Waals surface area contributed by atoms with Crippen LogP contribution in [-0.4, -0.2) is 39.8 Å². The van der Waals surface area contributed by atoms with Crippen LogP contribution in [0.2, 0.25) is 5.02 Å². The molecule has 0 aliphatic carbocycles. The Labute approximate surface area is 179 Å². The maximum absolute atomic E-state index is 13.3. The first-order valence-corrected chi connectivity index (χ1v) is 10.2. The largest absolute Gasteiger partial charge is 0.482 e. The number of carbonyl (C=O) groups is 1. The number of para-hydroxylation sites is 2. The van der Waals surface area contributed by atoms with Gasteiger partial charge in [-0.3, -0.25) is 4.79 Å². The first-order valence-electron chi connectivity index (χ1n) is 9.85. The molecule has 0 bridgehead atoms. The molecule has 1 aromatic heterocycles. The van der Waals surface area contributed by atoms with E-state index in [1.54, 1.807) is 23.1 Å². The van der Waals surface area contributed by atoms with E-state index >= 15 is 0 Å². The van der Waals surface area contributed by atoms with Crippen LogP contribution in [-0.2, 0) is 11.3 Å². The van der Waals surface area contributed by atoms with Crippen LogP contribution in [0.25, 0.3) is 11.5 Å². The summed E-state index contributed by atoms with van der Waals surface area (Å²) in [7, 11) is 0. The summed E-state index contributed by atoms with van der Waals surface area (Å²) in [5, 5.41) is 8.70. The highest BCUT2D eigenvalue weighted by Crippen LogP contribution is 2.34. The molecule has 1 amide bonds. The van der Waals surface area contributed by atoms with Gasteiger partial charge in [-0.1, -0.05) is 42.8 Å². The highest BCUT2D eigenvalue weighted by molar-refractivity contribution is 6.33. The molecule has 4 rings (SSSR count). The zero-order valence-corrected chi connectivity index (χ0v) is 17.5. The summed E-state index contributed by atoms with van der Waals surface area (Å²) in [6.07, 6.45) is -0.402. The van der Waals surface area contributed by atoms with Crippen molar-refractivity contribution >= 4 is 17.5 Å². The fourth-order valence-corrected chi connectivity index (χ4v) is 3.55. The van der Waals surface area contributed by atoms with Gasteiger partial charge in [-0.15, -0.1) is 10.2 Å². The van der Waals surface area contributed by atoms with E-state index in [0.29, 0.717) is 40.4 Å². The van der Waals surface area contributed by atoms with Crippen molar-refractivity contribution in [3.63, 3.8) is 0 Å². The smallest absolute Gasteiger partial charge is 0.268 e. The van der Waals surface area contributed by atoms with E-state index in [1.807, 2.05) is 44.2 Å². The summed E-state index contributed by atoms with van der Waals surface area (Å²) in [6, 6.07) is 14.6. The second kappa shape index (κ2) is 8.75. The van der Waals surface area contributed by atoms with Crippen molar-refractivity contribution in [3.8, 4) is 23.0 Å². The van der Waals surface area contributed by atoms with Gasteiger partial charge in [-0.2, -0.15) is 0 Å². The van der Waals surface area contributed by atoms with Crippen LogP contribution in [0.15, 0.2) is 52.9 Å². The van der Waals surface area contributed by atoms with E-state index < -0.39 is 12.2 Å². The number of nitrogens with zero attached hydrogens (tertiary/aromatic N) is 3. The molecule has 2 heterocycles. The lowest BCUT2D eigenvalue weighted by Gasteiger charge is -2.34. The highest BCUT2D eigenvalue weighted by Gasteiger charge is 2.37. The Kier molecular flexibility index (Phi) is 5.90. The predicted octanol–water partition coefficient (Wildman–Crippen LogP) is 4.36. The maximum Gasteiger partial charge on any atom is 0.268 e. The quantitative estimate of drug-likeness (QED) is 0.581. The van der Waals surface area contributed by atoms with Crippen molar-refractivity contribution in [3.05, 3.63) is 59.4 Å². The zero-order chi connectivity index (χ0) is 21.1. The van der Waals surface area contributed by atoms with Gasteiger partial charge in [0.15, 0.2) is 11.5 Å². The van der Waals surface area contributed by atoms with E-state index in [-0.39, 0.29) is 12.5 Å². The molecule has 30 heavy (non-hydrogen) atoms. The number of carbonyl (C=O) groups excluding carboxylic acids is 1. The standard InChI is InChI=1S/C22H22ClN3O4/c1-3-12-26(13-19-24-25-21(30-19)15-8-4-5-9-16(15)23)22(27)20-14(2)28-17-10-6-7-11-18(17)29-20/h4-11,14,20H,3,12-13H2,1-2H3. The van der Waals surface area contributed by atoms with Crippen LogP contribution >= 0.6 is 11.6 Å². The van der Waals surface area contributed by atoms with Crippen LogP contribution in [0.1, 0.15) is 26.2 Å². The first-order chi connectivity index (χ1) is 14.6. The number of fused-ring (bicyclic) bond motifs is 1. The Balaban J connectivity index is 1.52. The summed E-state index contributed by atoms with van der Waals surface area (Å²) in [4.78, 5) is 14.9. The molecule has 2 unspecified atom stereocenters. The molecule has 1 aliphatic rings. The monoisotopic (exact) mass is 427 g/mol. The van der Waals surface area contributed by atoms with E-state index in [0.717, 1.165) is 6.42 Å². The Bertz CT molecular complexity index is 1040. The SMILES string of the molecule is CCCN(Cc1nnc(-c2ccccc2Cl)o1)C(=O)C1Oc2ccccc2OC1C. The topological polar surface area (TPSA) is 77.7 Å². The number of halogens is 1. The Morgan fingerprint density at radius 1 is 1.07 bits per heavy atom. The second-order valence-corrected chi connectivity index (χ2v) is 7.46. The maximum atomic E-state index is 13.3. The van der Waals surface area contributed by atoms with Gasteiger partial charge in [-0.05, 0) is 37.6 Å². The summed E-state index contributed by atoms with van der Waals surface area (Å²) in [5.74, 6) is 1.66. The molecule has 156 valence electrons. The molecule has 0 fully saturated rings. The van der Waals surface area contributed by atoms with Gasteiger partial charge < -0.3 is 18.8 Å². The minimum absolute atomic E-state index is 0.179. The van der Waals surface area contributed by atoms with E-state index in [4.69, 9.17) is 25.5 Å². The second-order valence-electron chi connectivity index (χ2n) is 7.05. The number of ether oxygens (including phenoxy) is 2. The number of amides is 1. The van der Waals surface area contributed by atoms with Crippen molar-refractivity contribution < 1.29 is 18.7 Å². The third kappa shape index (κ3) is 4.11. The predicted molar refractivity (Wildman–Crippen MR) is 111 cm³/mol. The van der Waals surface area contributed by atoms with Gasteiger partial charge >= 0.3 is 0 Å². The van der Waals surface area contributed by atoms with E-state index in [1.165, 1.54) is 0 Å². The van der Waals surface area contributed by atoms with Gasteiger partial charge in [0.1, 0.15) is 6.10 Å². The third-order valence-electron chi connectivity index (χ3n) is 4.79. The van der Waals surface area contributed by atoms with E-state index in [9.17, 15) is 4.79 Å². The number of rotatable bonds is 6.